The zero-order valence-electron chi connectivity index (χ0n) is 31.3. The van der Waals surface area contributed by atoms with Crippen molar-refractivity contribution in [2.24, 2.45) is 0 Å². The van der Waals surface area contributed by atoms with E-state index >= 15 is 0 Å². The summed E-state index contributed by atoms with van der Waals surface area (Å²) < 4.78 is 60.6. The first-order chi connectivity index (χ1) is 26.9. The fourth-order valence-electron chi connectivity index (χ4n) is 7.63. The van der Waals surface area contributed by atoms with Crippen molar-refractivity contribution in [1.29, 1.82) is 0 Å². The maximum atomic E-state index is 14.5. The van der Waals surface area contributed by atoms with E-state index in [2.05, 4.69) is 25.9 Å². The van der Waals surface area contributed by atoms with E-state index in [9.17, 15) is 22.8 Å². The summed E-state index contributed by atoms with van der Waals surface area (Å²) in [7, 11) is 2.91. The van der Waals surface area contributed by atoms with E-state index in [-0.39, 0.29) is 42.0 Å². The van der Waals surface area contributed by atoms with Gasteiger partial charge in [0, 0.05) is 74.0 Å². The molecule has 12 nitrogen and oxygen atoms in total. The monoisotopic (exact) mass is 793 g/mol. The summed E-state index contributed by atoms with van der Waals surface area (Å²) in [5.74, 6) is -0.150. The number of piperidine rings is 1. The molecule has 1 aromatic carbocycles. The number of aromatic nitrogens is 3. The molecule has 0 unspecified atom stereocenters. The fraction of sp³-hybridized carbons (Fsp3) is 0.425. The molecular weight excluding hydrogens is 751 g/mol. The molecule has 0 radical (unpaired) electrons. The number of hydrogen-bond donors (Lipinski definition) is 3. The Bertz CT molecular complexity index is 2110. The Balaban J connectivity index is 1.11. The van der Waals surface area contributed by atoms with Gasteiger partial charge in [-0.3, -0.25) is 19.9 Å². The van der Waals surface area contributed by atoms with Crippen LogP contribution in [-0.2, 0) is 35.3 Å². The Morgan fingerprint density at radius 2 is 1.68 bits per heavy atom. The second kappa shape index (κ2) is 16.6. The minimum Gasteiger partial charge on any atom is -0.481 e. The van der Waals surface area contributed by atoms with E-state index in [1.165, 1.54) is 7.11 Å². The van der Waals surface area contributed by atoms with Crippen LogP contribution in [0.15, 0.2) is 48.7 Å². The molecule has 56 heavy (non-hydrogen) atoms. The van der Waals surface area contributed by atoms with Crippen molar-refractivity contribution < 1.29 is 37.0 Å². The highest BCUT2D eigenvalue weighted by molar-refractivity contribution is 6.35. The van der Waals surface area contributed by atoms with Crippen LogP contribution in [0.2, 0.25) is 5.02 Å². The number of likely N-dealkylation sites (tertiary alicyclic amines) is 1. The second-order valence-electron chi connectivity index (χ2n) is 14.1. The number of carbonyl (C=O) groups excluding carboxylic acids is 2. The van der Waals surface area contributed by atoms with Gasteiger partial charge in [0.15, 0.2) is 0 Å². The average molecular weight is 794 g/mol. The Morgan fingerprint density at radius 3 is 2.38 bits per heavy atom. The van der Waals surface area contributed by atoms with Crippen LogP contribution in [0.5, 0.6) is 17.6 Å². The van der Waals surface area contributed by atoms with Gasteiger partial charge in [0.1, 0.15) is 11.7 Å². The van der Waals surface area contributed by atoms with Crippen molar-refractivity contribution in [2.45, 2.75) is 83.0 Å². The number of carbonyl (C=O) groups is 2. The van der Waals surface area contributed by atoms with Crippen LogP contribution in [0.25, 0.3) is 22.5 Å². The lowest BCUT2D eigenvalue weighted by Gasteiger charge is -2.31. The van der Waals surface area contributed by atoms with Crippen molar-refractivity contribution in [3.63, 3.8) is 0 Å². The van der Waals surface area contributed by atoms with E-state index in [0.29, 0.717) is 65.6 Å². The molecule has 2 fully saturated rings. The number of fused-ring (bicyclic) bond motifs is 1. The number of methoxy groups -OCH3 is 2. The molecule has 5 heterocycles. The molecule has 1 aliphatic carbocycles. The summed E-state index contributed by atoms with van der Waals surface area (Å²) in [6, 6.07) is 12.4. The first-order valence-corrected chi connectivity index (χ1v) is 19.0. The number of hydrogen-bond acceptors (Lipinski definition) is 10. The third kappa shape index (κ3) is 8.39. The number of amides is 2. The molecule has 0 saturated carbocycles. The molecule has 296 valence electrons. The lowest BCUT2D eigenvalue weighted by molar-refractivity contribution is -0.139. The lowest BCUT2D eigenvalue weighted by atomic mass is 9.98. The van der Waals surface area contributed by atoms with E-state index in [1.807, 2.05) is 35.2 Å². The van der Waals surface area contributed by atoms with E-state index < -0.39 is 23.7 Å². The molecular formula is C40H43ClF3N7O5. The molecule has 7 rings (SSSR count). The number of nitrogens with one attached hydrogen (secondary N) is 3. The van der Waals surface area contributed by atoms with Crippen LogP contribution in [0.3, 0.4) is 0 Å². The topological polar surface area (TPSA) is 140 Å². The summed E-state index contributed by atoms with van der Waals surface area (Å²) in [6.45, 7) is 3.60. The van der Waals surface area contributed by atoms with Crippen molar-refractivity contribution in [2.75, 3.05) is 27.3 Å². The van der Waals surface area contributed by atoms with Gasteiger partial charge in [-0.2, -0.15) is 18.2 Å². The van der Waals surface area contributed by atoms with Crippen LogP contribution in [0, 0.1) is 0 Å². The Hall–Kier alpha value is -4.99. The number of rotatable bonds is 12. The summed E-state index contributed by atoms with van der Waals surface area (Å²) in [5, 5.41) is 9.73. The number of alkyl halides is 3. The highest BCUT2D eigenvalue weighted by Crippen LogP contribution is 2.45. The first kappa shape index (κ1) is 39.3. The largest absolute Gasteiger partial charge is 0.481 e. The summed E-state index contributed by atoms with van der Waals surface area (Å²) >= 11 is 7.08. The van der Waals surface area contributed by atoms with Crippen LogP contribution < -0.4 is 30.2 Å². The van der Waals surface area contributed by atoms with Gasteiger partial charge in [0.05, 0.1) is 36.8 Å². The molecule has 16 heteroatoms. The second-order valence-corrected chi connectivity index (χ2v) is 14.5. The van der Waals surface area contributed by atoms with Gasteiger partial charge in [-0.25, -0.2) is 4.98 Å². The van der Waals surface area contributed by atoms with Gasteiger partial charge in [0.25, 0.3) is 0 Å². The van der Waals surface area contributed by atoms with Crippen LogP contribution in [-0.4, -0.2) is 71.2 Å². The standard InChI is InChI=1S/C40H43ClF3N7O5/c1-22(52)51-17-14-25(15-18-51)46-20-23-7-9-31(48-37(23)54-2)29-13-16-45-36(35(29)41)28-6-4-5-27-26(28)8-10-32(27)56-39-30(40(42,43)44)19-24(38(50-39)55-3)21-47-33-11-12-34(53)49-33/h4-7,9,13,16,19,25,32-33,46-47H,8,10-12,14-15,17-18,20-21H2,1-3H3,(H,49,53)/t32-,33-/m1/s1. The number of ether oxygens (including phenoxy) is 3. The predicted molar refractivity (Wildman–Crippen MR) is 202 cm³/mol. The van der Waals surface area contributed by atoms with Crippen LogP contribution in [0.4, 0.5) is 13.2 Å². The maximum Gasteiger partial charge on any atom is 0.421 e. The number of halogens is 4. The van der Waals surface area contributed by atoms with Gasteiger partial charge >= 0.3 is 6.18 Å². The quantitative estimate of drug-likeness (QED) is 0.148. The molecule has 0 spiro atoms. The van der Waals surface area contributed by atoms with Gasteiger partial charge in [-0.05, 0) is 61.4 Å². The third-order valence-corrected chi connectivity index (χ3v) is 11.0. The molecule has 2 atom stereocenters. The smallest absolute Gasteiger partial charge is 0.421 e. The molecule has 2 saturated heterocycles. The Morgan fingerprint density at radius 1 is 0.929 bits per heavy atom. The zero-order valence-corrected chi connectivity index (χ0v) is 32.0. The molecule has 2 aliphatic heterocycles. The zero-order chi connectivity index (χ0) is 39.6. The molecule has 3 aliphatic rings. The fourth-order valence-corrected chi connectivity index (χ4v) is 7.94. The van der Waals surface area contributed by atoms with E-state index in [0.717, 1.165) is 48.7 Å². The van der Waals surface area contributed by atoms with Crippen molar-refractivity contribution in [3.05, 3.63) is 81.5 Å². The molecule has 3 aromatic heterocycles. The molecule has 2 amide bonds. The third-order valence-electron chi connectivity index (χ3n) is 10.6. The SMILES string of the molecule is COc1nc(-c2ccnc(-c3cccc4c3CC[C@H]4Oc3nc(OC)c(CN[C@H]4CCC(=O)N4)cc3C(F)(F)F)c2Cl)ccc1CNC1CCN(C(C)=O)CC1. The van der Waals surface area contributed by atoms with Gasteiger partial charge in [0.2, 0.25) is 29.5 Å². The Kier molecular flexibility index (Phi) is 11.7. The minimum absolute atomic E-state index is 0.0000763. The van der Waals surface area contributed by atoms with Crippen molar-refractivity contribution >= 4 is 23.4 Å². The minimum atomic E-state index is -4.76. The highest BCUT2D eigenvalue weighted by atomic mass is 35.5. The molecule has 3 N–H and O–H groups in total. The van der Waals surface area contributed by atoms with Gasteiger partial charge in [-0.15, -0.1) is 0 Å². The first-order valence-electron chi connectivity index (χ1n) is 18.6. The van der Waals surface area contributed by atoms with Gasteiger partial charge < -0.3 is 29.7 Å². The highest BCUT2D eigenvalue weighted by Gasteiger charge is 2.39. The van der Waals surface area contributed by atoms with Gasteiger partial charge in [-0.1, -0.05) is 35.9 Å². The maximum absolute atomic E-state index is 14.5. The Labute approximate surface area is 327 Å². The number of pyridine rings is 3. The van der Waals surface area contributed by atoms with Crippen molar-refractivity contribution in [1.82, 2.24) is 35.8 Å². The number of nitrogens with zero attached hydrogens (tertiary/aromatic N) is 4. The van der Waals surface area contributed by atoms with E-state index in [1.54, 1.807) is 26.3 Å². The van der Waals surface area contributed by atoms with Crippen molar-refractivity contribution in [3.8, 4) is 40.2 Å². The summed E-state index contributed by atoms with van der Waals surface area (Å²) in [6.07, 6.45) is -0.667. The normalized spacial score (nSPS) is 18.5. The summed E-state index contributed by atoms with van der Waals surface area (Å²) in [4.78, 5) is 38.8. The lowest BCUT2D eigenvalue weighted by Crippen LogP contribution is -2.44. The number of benzene rings is 1. The van der Waals surface area contributed by atoms with Crippen LogP contribution in [0.1, 0.15) is 72.9 Å². The van der Waals surface area contributed by atoms with E-state index in [4.69, 9.17) is 30.8 Å². The molecule has 0 bridgehead atoms. The average Bonchev–Trinajstić information content (AvgIpc) is 3.81. The van der Waals surface area contributed by atoms with Crippen LogP contribution >= 0.6 is 11.6 Å². The molecule has 4 aromatic rings. The predicted octanol–water partition coefficient (Wildman–Crippen LogP) is 6.39. The summed E-state index contributed by atoms with van der Waals surface area (Å²) in [5.41, 5.74) is 4.11.